The van der Waals surface area contributed by atoms with E-state index in [0.29, 0.717) is 43.6 Å². The third kappa shape index (κ3) is 4.47. The summed E-state index contributed by atoms with van der Waals surface area (Å²) in [4.78, 5) is 31.8. The topological polar surface area (TPSA) is 105 Å². The number of H-pyrrole nitrogens is 1. The third-order valence-corrected chi connectivity index (χ3v) is 4.16. The molecule has 1 aromatic carbocycles. The maximum atomic E-state index is 11.8. The standard InChI is InChI=1S/C18H21N3O5/c1-12-19-14(8-17(22)20-12)15-10-25-7-6-21(15)9-13-4-2-3-5-16(13)26-11-18(23)24/h2-5,8,15H,6-7,9-11H2,1H3,(H,23,24)(H,19,20,22)/t15-/m1/s1. The third-order valence-electron chi connectivity index (χ3n) is 4.16. The predicted molar refractivity (Wildman–Crippen MR) is 93.1 cm³/mol. The molecule has 0 aliphatic carbocycles. The number of hydrogen-bond donors (Lipinski definition) is 2. The highest BCUT2D eigenvalue weighted by molar-refractivity contribution is 5.68. The molecule has 0 radical (unpaired) electrons. The van der Waals surface area contributed by atoms with E-state index in [1.165, 1.54) is 6.07 Å². The van der Waals surface area contributed by atoms with E-state index in [1.54, 1.807) is 19.1 Å². The van der Waals surface area contributed by atoms with Crippen LogP contribution in [0.1, 0.15) is 23.1 Å². The molecule has 0 bridgehead atoms. The highest BCUT2D eigenvalue weighted by Crippen LogP contribution is 2.27. The molecule has 1 aliphatic rings. The summed E-state index contributed by atoms with van der Waals surface area (Å²) < 4.78 is 11.0. The summed E-state index contributed by atoms with van der Waals surface area (Å²) in [5.74, 6) is 0.0747. The minimum atomic E-state index is -1.02. The van der Waals surface area contributed by atoms with Gasteiger partial charge in [-0.15, -0.1) is 0 Å². The highest BCUT2D eigenvalue weighted by Gasteiger charge is 2.27. The van der Waals surface area contributed by atoms with Gasteiger partial charge < -0.3 is 19.6 Å². The maximum absolute atomic E-state index is 11.8. The number of nitrogens with one attached hydrogen (secondary N) is 1. The fourth-order valence-corrected chi connectivity index (χ4v) is 3.01. The number of aromatic nitrogens is 2. The fraction of sp³-hybridized carbons (Fsp3) is 0.389. The molecule has 0 spiro atoms. The van der Waals surface area contributed by atoms with Crippen molar-refractivity contribution < 1.29 is 19.4 Å². The van der Waals surface area contributed by atoms with Crippen LogP contribution >= 0.6 is 0 Å². The van der Waals surface area contributed by atoms with E-state index in [4.69, 9.17) is 14.6 Å². The average molecular weight is 359 g/mol. The van der Waals surface area contributed by atoms with Crippen molar-refractivity contribution in [2.24, 2.45) is 0 Å². The number of benzene rings is 1. The van der Waals surface area contributed by atoms with E-state index in [9.17, 15) is 9.59 Å². The molecule has 0 saturated carbocycles. The highest BCUT2D eigenvalue weighted by atomic mass is 16.5. The van der Waals surface area contributed by atoms with Crippen LogP contribution < -0.4 is 10.3 Å². The summed E-state index contributed by atoms with van der Waals surface area (Å²) in [5.41, 5.74) is 1.35. The van der Waals surface area contributed by atoms with Crippen LogP contribution in [0.4, 0.5) is 0 Å². The van der Waals surface area contributed by atoms with Gasteiger partial charge in [0.1, 0.15) is 11.6 Å². The number of aromatic amines is 1. The molecule has 3 rings (SSSR count). The van der Waals surface area contributed by atoms with Gasteiger partial charge in [-0.2, -0.15) is 0 Å². The molecule has 1 atom stereocenters. The second-order valence-corrected chi connectivity index (χ2v) is 6.11. The van der Waals surface area contributed by atoms with E-state index in [2.05, 4.69) is 14.9 Å². The van der Waals surface area contributed by atoms with Crippen LogP contribution in [-0.4, -0.2) is 52.3 Å². The van der Waals surface area contributed by atoms with Gasteiger partial charge in [0.25, 0.3) is 5.56 Å². The summed E-state index contributed by atoms with van der Waals surface area (Å²) in [6, 6.07) is 8.68. The Balaban J connectivity index is 1.83. The van der Waals surface area contributed by atoms with Crippen LogP contribution in [0, 0.1) is 6.92 Å². The first-order valence-corrected chi connectivity index (χ1v) is 8.35. The molecular formula is C18H21N3O5. The Bertz CT molecular complexity index is 836. The van der Waals surface area contributed by atoms with Gasteiger partial charge in [0.2, 0.25) is 0 Å². The zero-order valence-corrected chi connectivity index (χ0v) is 14.5. The Hall–Kier alpha value is -2.71. The number of nitrogens with zero attached hydrogens (tertiary/aromatic N) is 2. The van der Waals surface area contributed by atoms with Crippen LogP contribution in [0.15, 0.2) is 35.1 Å². The summed E-state index contributed by atoms with van der Waals surface area (Å²) in [7, 11) is 0. The maximum Gasteiger partial charge on any atom is 0.341 e. The Morgan fingerprint density at radius 2 is 2.27 bits per heavy atom. The summed E-state index contributed by atoms with van der Waals surface area (Å²) >= 11 is 0. The van der Waals surface area contributed by atoms with Crippen molar-refractivity contribution in [3.05, 3.63) is 57.8 Å². The van der Waals surface area contributed by atoms with Crippen molar-refractivity contribution in [1.29, 1.82) is 0 Å². The van der Waals surface area contributed by atoms with E-state index in [-0.39, 0.29) is 11.6 Å². The number of carboxylic acids is 1. The summed E-state index contributed by atoms with van der Waals surface area (Å²) in [6.45, 7) is 3.58. The van der Waals surface area contributed by atoms with Gasteiger partial charge in [-0.25, -0.2) is 9.78 Å². The minimum absolute atomic E-state index is 0.155. The molecule has 0 unspecified atom stereocenters. The number of morpholine rings is 1. The van der Waals surface area contributed by atoms with Crippen LogP contribution in [0.3, 0.4) is 0 Å². The summed E-state index contributed by atoms with van der Waals surface area (Å²) in [6.07, 6.45) is 0. The molecule has 8 nitrogen and oxygen atoms in total. The Labute approximate surface area is 150 Å². The van der Waals surface area contributed by atoms with Gasteiger partial charge in [0.15, 0.2) is 6.61 Å². The van der Waals surface area contributed by atoms with Gasteiger partial charge >= 0.3 is 5.97 Å². The van der Waals surface area contributed by atoms with Crippen molar-refractivity contribution in [2.45, 2.75) is 19.5 Å². The molecule has 1 fully saturated rings. The number of carboxylic acid groups (broad SMARTS) is 1. The number of para-hydroxylation sites is 1. The van der Waals surface area contributed by atoms with Gasteiger partial charge in [0.05, 0.1) is 24.9 Å². The lowest BCUT2D eigenvalue weighted by atomic mass is 10.1. The van der Waals surface area contributed by atoms with Crippen molar-refractivity contribution in [2.75, 3.05) is 26.4 Å². The average Bonchev–Trinajstić information content (AvgIpc) is 2.60. The number of carbonyl (C=O) groups is 1. The van der Waals surface area contributed by atoms with E-state index < -0.39 is 12.6 Å². The lowest BCUT2D eigenvalue weighted by molar-refractivity contribution is -0.139. The minimum Gasteiger partial charge on any atom is -0.482 e. The van der Waals surface area contributed by atoms with Crippen LogP contribution in [-0.2, 0) is 16.1 Å². The first-order chi connectivity index (χ1) is 12.5. The van der Waals surface area contributed by atoms with E-state index in [0.717, 1.165) is 5.56 Å². The molecule has 2 N–H and O–H groups in total. The van der Waals surface area contributed by atoms with Crippen LogP contribution in [0.2, 0.25) is 0 Å². The number of aryl methyl sites for hydroxylation is 1. The van der Waals surface area contributed by atoms with E-state index in [1.807, 2.05) is 12.1 Å². The molecule has 1 aromatic heterocycles. The van der Waals surface area contributed by atoms with Crippen molar-refractivity contribution >= 4 is 5.97 Å². The molecular weight excluding hydrogens is 338 g/mol. The zero-order valence-electron chi connectivity index (χ0n) is 14.5. The fourth-order valence-electron chi connectivity index (χ4n) is 3.01. The van der Waals surface area contributed by atoms with Crippen molar-refractivity contribution in [1.82, 2.24) is 14.9 Å². The second kappa shape index (κ2) is 8.11. The number of rotatable bonds is 6. The van der Waals surface area contributed by atoms with Crippen molar-refractivity contribution in [3.8, 4) is 5.75 Å². The first-order valence-electron chi connectivity index (χ1n) is 8.35. The normalized spacial score (nSPS) is 17.8. The van der Waals surface area contributed by atoms with E-state index >= 15 is 0 Å². The molecule has 1 saturated heterocycles. The number of hydrogen-bond acceptors (Lipinski definition) is 6. The predicted octanol–water partition coefficient (Wildman–Crippen LogP) is 1.12. The smallest absolute Gasteiger partial charge is 0.341 e. The molecule has 2 heterocycles. The summed E-state index contributed by atoms with van der Waals surface area (Å²) in [5, 5.41) is 8.84. The Kier molecular flexibility index (Phi) is 5.65. The van der Waals surface area contributed by atoms with Gasteiger partial charge in [-0.05, 0) is 13.0 Å². The quantitative estimate of drug-likeness (QED) is 0.796. The molecule has 1 aliphatic heterocycles. The zero-order chi connectivity index (χ0) is 18.5. The molecule has 2 aromatic rings. The Morgan fingerprint density at radius 1 is 1.46 bits per heavy atom. The first kappa shape index (κ1) is 18.1. The largest absolute Gasteiger partial charge is 0.482 e. The molecule has 26 heavy (non-hydrogen) atoms. The van der Waals surface area contributed by atoms with Gasteiger partial charge in [-0.3, -0.25) is 9.69 Å². The lowest BCUT2D eigenvalue weighted by Crippen LogP contribution is -2.40. The SMILES string of the molecule is Cc1nc([C@H]2COCCN2Cc2ccccc2OCC(=O)O)cc(=O)[nH]1. The number of ether oxygens (including phenoxy) is 2. The monoisotopic (exact) mass is 359 g/mol. The molecule has 8 heteroatoms. The van der Waals surface area contributed by atoms with Crippen LogP contribution in [0.5, 0.6) is 5.75 Å². The van der Waals surface area contributed by atoms with Gasteiger partial charge in [-0.1, -0.05) is 18.2 Å². The Morgan fingerprint density at radius 3 is 3.04 bits per heavy atom. The van der Waals surface area contributed by atoms with Crippen molar-refractivity contribution in [3.63, 3.8) is 0 Å². The second-order valence-electron chi connectivity index (χ2n) is 6.11. The molecule has 138 valence electrons. The van der Waals surface area contributed by atoms with Gasteiger partial charge in [0, 0.05) is 24.7 Å². The lowest BCUT2D eigenvalue weighted by Gasteiger charge is -2.35. The molecule has 0 amide bonds. The van der Waals surface area contributed by atoms with Crippen LogP contribution in [0.25, 0.3) is 0 Å². The number of aliphatic carboxylic acids is 1.